The largest absolute Gasteiger partial charge is 0.370 e. The van der Waals surface area contributed by atoms with Gasteiger partial charge in [-0.25, -0.2) is 0 Å². The van der Waals surface area contributed by atoms with Crippen LogP contribution in [0.15, 0.2) is 22.5 Å². The topological polar surface area (TPSA) is 50.4 Å². The van der Waals surface area contributed by atoms with Gasteiger partial charge >= 0.3 is 0 Å². The molecule has 2 heterocycles. The Bertz CT molecular complexity index is 279. The number of nitrogens with zero attached hydrogens (tertiary/aromatic N) is 1. The molecular formula is C8H11N3S. The van der Waals surface area contributed by atoms with Crippen molar-refractivity contribution in [1.82, 2.24) is 5.32 Å². The lowest BCUT2D eigenvalue weighted by Gasteiger charge is -2.21. The maximum absolute atomic E-state index is 5.57. The molecule has 0 aliphatic carbocycles. The molecule has 1 aliphatic rings. The van der Waals surface area contributed by atoms with Crippen molar-refractivity contribution in [2.75, 3.05) is 6.54 Å². The Hall–Kier alpha value is -1.03. The van der Waals surface area contributed by atoms with Gasteiger partial charge in [0, 0.05) is 11.4 Å². The average Bonchev–Trinajstić information content (AvgIpc) is 2.56. The van der Waals surface area contributed by atoms with E-state index < -0.39 is 0 Å². The predicted octanol–water partition coefficient (Wildman–Crippen LogP) is 1.10. The molecule has 2 rings (SSSR count). The highest BCUT2D eigenvalue weighted by Gasteiger charge is 2.15. The Balaban J connectivity index is 2.12. The van der Waals surface area contributed by atoms with Crippen molar-refractivity contribution < 1.29 is 0 Å². The van der Waals surface area contributed by atoms with Crippen LogP contribution >= 0.6 is 11.3 Å². The standard InChI is InChI=1S/C8H11N3S/c9-8-10-4-3-6(11-8)7-2-1-5-12-7/h1-2,5-6H,3-4H2,(H3,9,10,11). The van der Waals surface area contributed by atoms with Gasteiger partial charge in [-0.1, -0.05) is 6.07 Å². The molecule has 1 aromatic rings. The third-order valence-corrected chi connectivity index (χ3v) is 2.89. The zero-order chi connectivity index (χ0) is 8.39. The summed E-state index contributed by atoms with van der Waals surface area (Å²) >= 11 is 1.76. The minimum absolute atomic E-state index is 0.377. The first-order valence-corrected chi connectivity index (χ1v) is 4.84. The van der Waals surface area contributed by atoms with E-state index in [4.69, 9.17) is 5.73 Å². The molecule has 0 aromatic carbocycles. The van der Waals surface area contributed by atoms with E-state index in [1.807, 2.05) is 0 Å². The number of guanidine groups is 1. The molecule has 3 N–H and O–H groups in total. The van der Waals surface area contributed by atoms with Crippen molar-refractivity contribution in [1.29, 1.82) is 0 Å². The van der Waals surface area contributed by atoms with Crippen LogP contribution < -0.4 is 11.1 Å². The molecule has 0 saturated heterocycles. The molecule has 4 heteroatoms. The Kier molecular flexibility index (Phi) is 1.99. The van der Waals surface area contributed by atoms with Crippen LogP contribution in [0.5, 0.6) is 0 Å². The SMILES string of the molecule is NC1=NCCC(c2cccs2)N1. The summed E-state index contributed by atoms with van der Waals surface area (Å²) in [6.45, 7) is 0.835. The zero-order valence-corrected chi connectivity index (χ0v) is 7.47. The first kappa shape index (κ1) is 7.61. The Morgan fingerprint density at radius 3 is 3.25 bits per heavy atom. The first-order valence-electron chi connectivity index (χ1n) is 3.96. The molecule has 0 radical (unpaired) electrons. The quantitative estimate of drug-likeness (QED) is 0.681. The molecule has 0 fully saturated rings. The van der Waals surface area contributed by atoms with Gasteiger partial charge in [0.1, 0.15) is 0 Å². The van der Waals surface area contributed by atoms with Crippen LogP contribution in [0, 0.1) is 0 Å². The summed E-state index contributed by atoms with van der Waals surface area (Å²) in [6.07, 6.45) is 1.04. The van der Waals surface area contributed by atoms with Gasteiger partial charge < -0.3 is 11.1 Å². The van der Waals surface area contributed by atoms with Gasteiger partial charge in [-0.3, -0.25) is 4.99 Å². The van der Waals surface area contributed by atoms with Crippen molar-refractivity contribution in [2.24, 2.45) is 10.7 Å². The Morgan fingerprint density at radius 1 is 1.67 bits per heavy atom. The van der Waals surface area contributed by atoms with Gasteiger partial charge in [0.25, 0.3) is 0 Å². The van der Waals surface area contributed by atoms with E-state index in [0.717, 1.165) is 13.0 Å². The van der Waals surface area contributed by atoms with Crippen molar-refractivity contribution in [3.8, 4) is 0 Å². The number of hydrogen-bond acceptors (Lipinski definition) is 4. The number of rotatable bonds is 1. The summed E-state index contributed by atoms with van der Waals surface area (Å²) in [6, 6.07) is 4.56. The third-order valence-electron chi connectivity index (χ3n) is 1.91. The average molecular weight is 181 g/mol. The van der Waals surface area contributed by atoms with Crippen molar-refractivity contribution in [3.63, 3.8) is 0 Å². The highest BCUT2D eigenvalue weighted by Crippen LogP contribution is 2.23. The summed E-state index contributed by atoms with van der Waals surface area (Å²) in [4.78, 5) is 5.42. The second kappa shape index (κ2) is 3.15. The molecule has 1 atom stereocenters. The molecule has 0 spiro atoms. The summed E-state index contributed by atoms with van der Waals surface area (Å²) in [7, 11) is 0. The van der Waals surface area contributed by atoms with E-state index in [9.17, 15) is 0 Å². The van der Waals surface area contributed by atoms with Crippen molar-refractivity contribution in [2.45, 2.75) is 12.5 Å². The van der Waals surface area contributed by atoms with Crippen LogP contribution in [0.4, 0.5) is 0 Å². The van der Waals surface area contributed by atoms with E-state index in [2.05, 4.69) is 27.8 Å². The van der Waals surface area contributed by atoms with Gasteiger partial charge in [0.05, 0.1) is 6.04 Å². The summed E-state index contributed by atoms with van der Waals surface area (Å²) in [5.41, 5.74) is 5.57. The summed E-state index contributed by atoms with van der Waals surface area (Å²) in [5, 5.41) is 5.24. The minimum atomic E-state index is 0.377. The highest BCUT2D eigenvalue weighted by molar-refractivity contribution is 7.10. The molecule has 0 saturated carbocycles. The van der Waals surface area contributed by atoms with Crippen LogP contribution in [0.3, 0.4) is 0 Å². The van der Waals surface area contributed by atoms with Crippen LogP contribution in [-0.2, 0) is 0 Å². The van der Waals surface area contributed by atoms with Gasteiger partial charge in [0.15, 0.2) is 5.96 Å². The van der Waals surface area contributed by atoms with Gasteiger partial charge in [0.2, 0.25) is 0 Å². The van der Waals surface area contributed by atoms with Crippen LogP contribution in [0.1, 0.15) is 17.3 Å². The van der Waals surface area contributed by atoms with Gasteiger partial charge in [-0.05, 0) is 17.9 Å². The molecule has 0 bridgehead atoms. The van der Waals surface area contributed by atoms with Gasteiger partial charge in [-0.15, -0.1) is 11.3 Å². The maximum atomic E-state index is 5.57. The third kappa shape index (κ3) is 1.43. The summed E-state index contributed by atoms with van der Waals surface area (Å²) in [5.74, 6) is 0.569. The second-order valence-corrected chi connectivity index (χ2v) is 3.75. The lowest BCUT2D eigenvalue weighted by molar-refractivity contribution is 0.577. The molecule has 64 valence electrons. The van der Waals surface area contributed by atoms with E-state index in [1.165, 1.54) is 4.88 Å². The molecule has 0 amide bonds. The predicted molar refractivity (Wildman–Crippen MR) is 51.3 cm³/mol. The number of thiophene rings is 1. The van der Waals surface area contributed by atoms with E-state index in [-0.39, 0.29) is 0 Å². The fourth-order valence-electron chi connectivity index (χ4n) is 1.31. The zero-order valence-electron chi connectivity index (χ0n) is 6.66. The van der Waals surface area contributed by atoms with Crippen molar-refractivity contribution >= 4 is 17.3 Å². The number of nitrogens with one attached hydrogen (secondary N) is 1. The maximum Gasteiger partial charge on any atom is 0.189 e. The van der Waals surface area contributed by atoms with E-state index in [1.54, 1.807) is 11.3 Å². The monoisotopic (exact) mass is 181 g/mol. The van der Waals surface area contributed by atoms with Crippen LogP contribution in [-0.4, -0.2) is 12.5 Å². The molecule has 1 aromatic heterocycles. The van der Waals surface area contributed by atoms with Crippen LogP contribution in [0.25, 0.3) is 0 Å². The van der Waals surface area contributed by atoms with Crippen LogP contribution in [0.2, 0.25) is 0 Å². The molecule has 3 nitrogen and oxygen atoms in total. The fourth-order valence-corrected chi connectivity index (χ4v) is 2.13. The number of nitrogens with two attached hydrogens (primary N) is 1. The fraction of sp³-hybridized carbons (Fsp3) is 0.375. The second-order valence-electron chi connectivity index (χ2n) is 2.77. The molecule has 12 heavy (non-hydrogen) atoms. The molecule has 1 unspecified atom stereocenters. The van der Waals surface area contributed by atoms with E-state index >= 15 is 0 Å². The highest BCUT2D eigenvalue weighted by atomic mass is 32.1. The molecular weight excluding hydrogens is 170 g/mol. The smallest absolute Gasteiger partial charge is 0.189 e. The molecule has 1 aliphatic heterocycles. The van der Waals surface area contributed by atoms with Gasteiger partial charge in [-0.2, -0.15) is 0 Å². The normalized spacial score (nSPS) is 23.0. The first-order chi connectivity index (χ1) is 5.86. The van der Waals surface area contributed by atoms with E-state index in [0.29, 0.717) is 12.0 Å². The lowest BCUT2D eigenvalue weighted by atomic mass is 10.1. The Morgan fingerprint density at radius 2 is 2.58 bits per heavy atom. The Labute approximate surface area is 75.3 Å². The van der Waals surface area contributed by atoms with Crippen molar-refractivity contribution in [3.05, 3.63) is 22.4 Å². The minimum Gasteiger partial charge on any atom is -0.370 e. The summed E-state index contributed by atoms with van der Waals surface area (Å²) < 4.78 is 0. The number of hydrogen-bond donors (Lipinski definition) is 2. The number of aliphatic imine (C=N–C) groups is 1. The lowest BCUT2D eigenvalue weighted by Crippen LogP contribution is -2.38.